The number of aryl methyl sites for hydroxylation is 1. The smallest absolute Gasteiger partial charge is 0.246 e. The fraction of sp³-hybridized carbons (Fsp3) is 0.500. The van der Waals surface area contributed by atoms with Gasteiger partial charge in [-0.25, -0.2) is 4.98 Å². The van der Waals surface area contributed by atoms with Crippen LogP contribution in [0.1, 0.15) is 31.4 Å². The van der Waals surface area contributed by atoms with Crippen molar-refractivity contribution in [2.24, 2.45) is 10.9 Å². The standard InChI is InChI=1S/C22H30N6O/c1-17-9-12-26(15-20(17)27-13-10-24-16-27)22(23-2)25-14-21(29)28-11-5-7-18-6-3-4-8-19(18)28/h3-4,6,8,10,13,16-17,20H,5,7,9,11-12,14-15H2,1-2H3,(H,23,25). The van der Waals surface area contributed by atoms with Gasteiger partial charge in [0, 0.05) is 44.8 Å². The van der Waals surface area contributed by atoms with Crippen molar-refractivity contribution < 1.29 is 4.79 Å². The van der Waals surface area contributed by atoms with Gasteiger partial charge in [-0.15, -0.1) is 0 Å². The fourth-order valence-electron chi connectivity index (χ4n) is 4.47. The molecular weight excluding hydrogens is 364 g/mol. The van der Waals surface area contributed by atoms with E-state index in [0.29, 0.717) is 12.0 Å². The van der Waals surface area contributed by atoms with Crippen molar-refractivity contribution >= 4 is 17.6 Å². The van der Waals surface area contributed by atoms with Gasteiger partial charge < -0.3 is 19.7 Å². The van der Waals surface area contributed by atoms with Crippen molar-refractivity contribution in [2.75, 3.05) is 38.1 Å². The molecule has 0 aliphatic carbocycles. The molecular formula is C22H30N6O. The van der Waals surface area contributed by atoms with E-state index in [1.807, 2.05) is 41.8 Å². The number of para-hydroxylation sites is 1. The molecule has 4 rings (SSSR count). The normalized spacial score (nSPS) is 22.3. The van der Waals surface area contributed by atoms with Gasteiger partial charge in [0.15, 0.2) is 5.96 Å². The van der Waals surface area contributed by atoms with Crippen LogP contribution in [-0.2, 0) is 11.2 Å². The summed E-state index contributed by atoms with van der Waals surface area (Å²) in [6, 6.07) is 8.56. The third-order valence-corrected chi connectivity index (χ3v) is 6.15. The Morgan fingerprint density at radius 3 is 2.97 bits per heavy atom. The lowest BCUT2D eigenvalue weighted by molar-refractivity contribution is -0.117. The Kier molecular flexibility index (Phi) is 5.83. The Morgan fingerprint density at radius 2 is 2.17 bits per heavy atom. The molecule has 3 heterocycles. The van der Waals surface area contributed by atoms with Crippen LogP contribution in [0.5, 0.6) is 0 Å². The van der Waals surface area contributed by atoms with E-state index >= 15 is 0 Å². The number of likely N-dealkylation sites (tertiary alicyclic amines) is 1. The molecule has 7 heteroatoms. The van der Waals surface area contributed by atoms with Crippen molar-refractivity contribution in [3.8, 4) is 0 Å². The maximum atomic E-state index is 12.9. The largest absolute Gasteiger partial charge is 0.347 e. The van der Waals surface area contributed by atoms with Gasteiger partial charge in [0.2, 0.25) is 5.91 Å². The molecule has 1 amide bonds. The first-order valence-corrected chi connectivity index (χ1v) is 10.5. The van der Waals surface area contributed by atoms with E-state index in [4.69, 9.17) is 0 Å². The summed E-state index contributed by atoms with van der Waals surface area (Å²) in [7, 11) is 1.78. The van der Waals surface area contributed by atoms with E-state index in [-0.39, 0.29) is 12.5 Å². The highest BCUT2D eigenvalue weighted by Crippen LogP contribution is 2.28. The summed E-state index contributed by atoms with van der Waals surface area (Å²) in [6.45, 7) is 5.11. The molecule has 1 fully saturated rings. The number of imidazole rings is 1. The highest BCUT2D eigenvalue weighted by atomic mass is 16.2. The first-order valence-electron chi connectivity index (χ1n) is 10.5. The Bertz CT molecular complexity index is 862. The topological polar surface area (TPSA) is 65.8 Å². The molecule has 2 aliphatic rings. The van der Waals surface area contributed by atoms with Gasteiger partial charge in [-0.2, -0.15) is 0 Å². The molecule has 2 atom stereocenters. The highest BCUT2D eigenvalue weighted by Gasteiger charge is 2.29. The van der Waals surface area contributed by atoms with Gasteiger partial charge in [0.1, 0.15) is 0 Å². The van der Waals surface area contributed by atoms with Gasteiger partial charge in [0.05, 0.1) is 18.9 Å². The number of piperidine rings is 1. The van der Waals surface area contributed by atoms with E-state index in [1.54, 1.807) is 7.05 Å². The number of carbonyl (C=O) groups is 1. The minimum atomic E-state index is 0.0924. The Labute approximate surface area is 172 Å². The highest BCUT2D eigenvalue weighted by molar-refractivity contribution is 5.98. The van der Waals surface area contributed by atoms with E-state index < -0.39 is 0 Å². The number of benzene rings is 1. The van der Waals surface area contributed by atoms with Crippen LogP contribution in [-0.4, -0.2) is 59.5 Å². The number of hydrogen-bond acceptors (Lipinski definition) is 3. The quantitative estimate of drug-likeness (QED) is 0.641. The molecule has 1 aromatic carbocycles. The first kappa shape index (κ1) is 19.5. The number of nitrogens with zero attached hydrogens (tertiary/aromatic N) is 5. The van der Waals surface area contributed by atoms with Gasteiger partial charge in [-0.3, -0.25) is 9.79 Å². The number of hydrogen-bond donors (Lipinski definition) is 1. The summed E-state index contributed by atoms with van der Waals surface area (Å²) in [5.41, 5.74) is 2.30. The van der Waals surface area contributed by atoms with E-state index in [1.165, 1.54) is 5.56 Å². The Morgan fingerprint density at radius 1 is 1.31 bits per heavy atom. The van der Waals surface area contributed by atoms with Crippen LogP contribution in [0.2, 0.25) is 0 Å². The van der Waals surface area contributed by atoms with Crippen molar-refractivity contribution in [1.29, 1.82) is 0 Å². The number of carbonyl (C=O) groups excluding carboxylic acids is 1. The third-order valence-electron chi connectivity index (χ3n) is 6.15. The average molecular weight is 395 g/mol. The molecule has 2 aliphatic heterocycles. The SMILES string of the molecule is CN=C(NCC(=O)N1CCCc2ccccc21)N1CCC(C)C(n2ccnc2)C1. The zero-order valence-corrected chi connectivity index (χ0v) is 17.3. The van der Waals surface area contributed by atoms with Gasteiger partial charge in [0.25, 0.3) is 0 Å². The minimum absolute atomic E-state index is 0.0924. The second kappa shape index (κ2) is 8.68. The van der Waals surface area contributed by atoms with Crippen molar-refractivity contribution in [1.82, 2.24) is 19.8 Å². The lowest BCUT2D eigenvalue weighted by Crippen LogP contribution is -2.51. The van der Waals surface area contributed by atoms with Crippen LogP contribution in [0.25, 0.3) is 0 Å². The maximum Gasteiger partial charge on any atom is 0.246 e. The molecule has 2 unspecified atom stereocenters. The van der Waals surface area contributed by atoms with Crippen molar-refractivity contribution in [2.45, 2.75) is 32.2 Å². The van der Waals surface area contributed by atoms with Crippen LogP contribution < -0.4 is 10.2 Å². The monoisotopic (exact) mass is 394 g/mol. The number of aliphatic imine (C=N–C) groups is 1. The molecule has 1 N–H and O–H groups in total. The van der Waals surface area contributed by atoms with Crippen LogP contribution in [0, 0.1) is 5.92 Å². The maximum absolute atomic E-state index is 12.9. The summed E-state index contributed by atoms with van der Waals surface area (Å²) < 4.78 is 2.18. The summed E-state index contributed by atoms with van der Waals surface area (Å²) in [6.07, 6.45) is 8.87. The van der Waals surface area contributed by atoms with Crippen LogP contribution in [0.15, 0.2) is 48.0 Å². The average Bonchev–Trinajstić information content (AvgIpc) is 3.29. The van der Waals surface area contributed by atoms with E-state index in [2.05, 4.69) is 37.8 Å². The number of amides is 1. The molecule has 0 spiro atoms. The van der Waals surface area contributed by atoms with Crippen molar-refractivity contribution in [3.05, 3.63) is 48.5 Å². The molecule has 0 radical (unpaired) electrons. The summed E-state index contributed by atoms with van der Waals surface area (Å²) in [5, 5.41) is 3.31. The molecule has 2 aromatic rings. The number of guanidine groups is 1. The Hall–Kier alpha value is -2.83. The molecule has 29 heavy (non-hydrogen) atoms. The Balaban J connectivity index is 1.39. The van der Waals surface area contributed by atoms with E-state index in [9.17, 15) is 4.79 Å². The molecule has 0 bridgehead atoms. The fourth-order valence-corrected chi connectivity index (χ4v) is 4.47. The van der Waals surface area contributed by atoms with Gasteiger partial charge >= 0.3 is 0 Å². The summed E-state index contributed by atoms with van der Waals surface area (Å²) >= 11 is 0. The number of aromatic nitrogens is 2. The zero-order chi connectivity index (χ0) is 20.2. The molecule has 0 saturated carbocycles. The number of fused-ring (bicyclic) bond motifs is 1. The van der Waals surface area contributed by atoms with Gasteiger partial charge in [-0.05, 0) is 36.8 Å². The zero-order valence-electron chi connectivity index (χ0n) is 17.3. The summed E-state index contributed by atoms with van der Waals surface area (Å²) in [5.74, 6) is 1.46. The first-order chi connectivity index (χ1) is 14.2. The van der Waals surface area contributed by atoms with Crippen molar-refractivity contribution in [3.63, 3.8) is 0 Å². The number of anilines is 1. The van der Waals surface area contributed by atoms with Gasteiger partial charge in [-0.1, -0.05) is 25.1 Å². The van der Waals surface area contributed by atoms with Crippen LogP contribution in [0.4, 0.5) is 5.69 Å². The second-order valence-corrected chi connectivity index (χ2v) is 7.97. The molecule has 1 aromatic heterocycles. The summed E-state index contributed by atoms with van der Waals surface area (Å²) in [4.78, 5) is 25.8. The number of nitrogens with one attached hydrogen (secondary N) is 1. The molecule has 154 valence electrons. The molecule has 1 saturated heterocycles. The predicted octanol–water partition coefficient (Wildman–Crippen LogP) is 2.32. The minimum Gasteiger partial charge on any atom is -0.347 e. The number of rotatable bonds is 3. The van der Waals surface area contributed by atoms with Crippen LogP contribution >= 0.6 is 0 Å². The lowest BCUT2D eigenvalue weighted by atomic mass is 9.93. The molecule has 7 nitrogen and oxygen atoms in total. The lowest BCUT2D eigenvalue weighted by Gasteiger charge is -2.39. The second-order valence-electron chi connectivity index (χ2n) is 7.97. The van der Waals surface area contributed by atoms with Crippen LogP contribution in [0.3, 0.4) is 0 Å². The predicted molar refractivity (Wildman–Crippen MR) is 115 cm³/mol. The third kappa shape index (κ3) is 4.13. The van der Waals surface area contributed by atoms with E-state index in [0.717, 1.165) is 50.5 Å².